The smallest absolute Gasteiger partial charge is 0.110 e. The van der Waals surface area contributed by atoms with E-state index in [-0.39, 0.29) is 0 Å². The van der Waals surface area contributed by atoms with Gasteiger partial charge in [-0.05, 0) is 23.6 Å². The Kier molecular flexibility index (Phi) is 3.38. The largest absolute Gasteiger partial charge is 0.399 e. The van der Waals surface area contributed by atoms with Gasteiger partial charge in [-0.2, -0.15) is 5.53 Å². The van der Waals surface area contributed by atoms with E-state index < -0.39 is 0 Å². The molecule has 0 saturated heterocycles. The minimum Gasteiger partial charge on any atom is -0.399 e. The van der Waals surface area contributed by atoms with Gasteiger partial charge in [0, 0.05) is 5.69 Å². The van der Waals surface area contributed by atoms with Crippen molar-refractivity contribution in [3.05, 3.63) is 23.8 Å². The van der Waals surface area contributed by atoms with E-state index in [1.54, 1.807) is 6.07 Å². The summed E-state index contributed by atoms with van der Waals surface area (Å²) < 4.78 is 0. The zero-order chi connectivity index (χ0) is 11.4. The van der Waals surface area contributed by atoms with Crippen LogP contribution in [0.3, 0.4) is 0 Å². The maximum Gasteiger partial charge on any atom is 0.110 e. The van der Waals surface area contributed by atoms with Crippen molar-refractivity contribution in [2.45, 2.75) is 19.8 Å². The van der Waals surface area contributed by atoms with Crippen LogP contribution in [0.2, 0.25) is 0 Å². The normalized spacial score (nSPS) is 10.1. The average Bonchev–Trinajstić information content (AvgIpc) is 2.19. The number of benzene rings is 1. The van der Waals surface area contributed by atoms with E-state index in [2.05, 4.69) is 5.22 Å². The highest BCUT2D eigenvalue weighted by Crippen LogP contribution is 2.29. The summed E-state index contributed by atoms with van der Waals surface area (Å²) in [4.78, 5) is 0. The third kappa shape index (κ3) is 2.31. The predicted octanol–water partition coefficient (Wildman–Crippen LogP) is 2.75. The molecule has 0 radical (unpaired) electrons. The first-order valence-corrected chi connectivity index (χ1v) is 4.66. The Morgan fingerprint density at radius 3 is 2.60 bits per heavy atom. The van der Waals surface area contributed by atoms with Crippen LogP contribution < -0.4 is 10.7 Å². The third-order valence-electron chi connectivity index (χ3n) is 2.15. The van der Waals surface area contributed by atoms with Crippen molar-refractivity contribution in [1.29, 1.82) is 10.9 Å². The molecule has 1 aromatic carbocycles. The van der Waals surface area contributed by atoms with Crippen molar-refractivity contribution in [2.75, 3.05) is 10.7 Å². The van der Waals surface area contributed by atoms with Crippen LogP contribution >= 0.6 is 0 Å². The minimum absolute atomic E-state index is 0.296. The molecule has 5 heteroatoms. The molecule has 0 bridgehead atoms. The van der Waals surface area contributed by atoms with E-state index in [9.17, 15) is 0 Å². The van der Waals surface area contributed by atoms with Crippen LogP contribution in [-0.2, 0) is 0 Å². The van der Waals surface area contributed by atoms with E-state index in [0.29, 0.717) is 17.3 Å². The predicted molar refractivity (Wildman–Crippen MR) is 61.4 cm³/mol. The molecule has 0 aromatic heterocycles. The molecule has 0 saturated carbocycles. The van der Waals surface area contributed by atoms with E-state index in [0.717, 1.165) is 11.9 Å². The topological polar surface area (TPSA) is 89.3 Å². The molecule has 4 N–H and O–H groups in total. The zero-order valence-electron chi connectivity index (χ0n) is 8.86. The second-order valence-electron chi connectivity index (χ2n) is 3.55. The lowest BCUT2D eigenvalue weighted by Gasteiger charge is -2.18. The van der Waals surface area contributed by atoms with Gasteiger partial charge in [0.2, 0.25) is 0 Å². The number of hydrogen-bond donors (Lipinski definition) is 3. The molecule has 80 valence electrons. The van der Waals surface area contributed by atoms with Crippen molar-refractivity contribution in [2.24, 2.45) is 5.22 Å². The highest BCUT2D eigenvalue weighted by Gasteiger charge is 2.11. The van der Waals surface area contributed by atoms with Crippen LogP contribution in [0.1, 0.15) is 25.3 Å². The van der Waals surface area contributed by atoms with E-state index >= 15 is 0 Å². The SMILES string of the molecule is CC(C)c1ccc(N)cc1N(C=N)N=N. The minimum atomic E-state index is 0.296. The van der Waals surface area contributed by atoms with Gasteiger partial charge in [-0.25, -0.2) is 5.01 Å². The summed E-state index contributed by atoms with van der Waals surface area (Å²) in [6, 6.07) is 5.43. The molecule has 0 unspecified atom stereocenters. The van der Waals surface area contributed by atoms with Crippen molar-refractivity contribution in [3.8, 4) is 0 Å². The molecule has 0 heterocycles. The molecule has 0 aliphatic heterocycles. The summed E-state index contributed by atoms with van der Waals surface area (Å²) >= 11 is 0. The zero-order valence-corrected chi connectivity index (χ0v) is 8.86. The first-order valence-electron chi connectivity index (χ1n) is 4.66. The van der Waals surface area contributed by atoms with Crippen molar-refractivity contribution < 1.29 is 0 Å². The van der Waals surface area contributed by atoms with Crippen molar-refractivity contribution >= 4 is 17.7 Å². The number of nitrogens with one attached hydrogen (secondary N) is 2. The van der Waals surface area contributed by atoms with Crippen LogP contribution in [0.15, 0.2) is 23.4 Å². The molecule has 0 amide bonds. The Bertz CT molecular complexity index is 364. The molecule has 0 aliphatic rings. The van der Waals surface area contributed by atoms with Gasteiger partial charge in [-0.3, -0.25) is 5.41 Å². The number of nitrogen functional groups attached to an aromatic ring is 1. The number of hydrogen-bond acceptors (Lipinski definition) is 4. The van der Waals surface area contributed by atoms with E-state index in [1.807, 2.05) is 26.0 Å². The first-order chi connectivity index (χ1) is 7.10. The maximum atomic E-state index is 7.15. The molecule has 0 spiro atoms. The standard InChI is InChI=1S/C10H15N5/c1-7(2)9-4-3-8(12)5-10(9)15(6-11)14-13/h3-7,11,13H,12H2,1-2H3. The second-order valence-corrected chi connectivity index (χ2v) is 3.55. The monoisotopic (exact) mass is 205 g/mol. The summed E-state index contributed by atoms with van der Waals surface area (Å²) in [6.07, 6.45) is 0.994. The lowest BCUT2D eigenvalue weighted by atomic mass is 10.0. The number of nitrogens with two attached hydrogens (primary N) is 1. The van der Waals surface area contributed by atoms with Gasteiger partial charge in [0.1, 0.15) is 6.34 Å². The molecule has 0 aliphatic carbocycles. The van der Waals surface area contributed by atoms with Crippen molar-refractivity contribution in [1.82, 2.24) is 0 Å². The fourth-order valence-corrected chi connectivity index (χ4v) is 1.40. The summed E-state index contributed by atoms with van der Waals surface area (Å²) in [5, 5.41) is 11.6. The van der Waals surface area contributed by atoms with Crippen LogP contribution in [0.4, 0.5) is 11.4 Å². The van der Waals surface area contributed by atoms with E-state index in [1.165, 1.54) is 5.01 Å². The number of anilines is 2. The summed E-state index contributed by atoms with van der Waals surface area (Å²) in [5.41, 5.74) is 14.9. The molecule has 0 atom stereocenters. The Morgan fingerprint density at radius 1 is 1.47 bits per heavy atom. The van der Waals surface area contributed by atoms with Gasteiger partial charge in [-0.1, -0.05) is 25.1 Å². The molecular formula is C10H15N5. The molecule has 0 fully saturated rings. The average molecular weight is 205 g/mol. The first kappa shape index (κ1) is 11.2. The van der Waals surface area contributed by atoms with Gasteiger partial charge >= 0.3 is 0 Å². The van der Waals surface area contributed by atoms with Gasteiger partial charge in [-0.15, -0.1) is 0 Å². The Hall–Kier alpha value is -1.91. The molecule has 15 heavy (non-hydrogen) atoms. The molecular weight excluding hydrogens is 190 g/mol. The van der Waals surface area contributed by atoms with E-state index in [4.69, 9.17) is 16.7 Å². The molecule has 1 aromatic rings. The Labute approximate surface area is 88.9 Å². The van der Waals surface area contributed by atoms with Crippen molar-refractivity contribution in [3.63, 3.8) is 0 Å². The van der Waals surface area contributed by atoms with Gasteiger partial charge in [0.15, 0.2) is 0 Å². The van der Waals surface area contributed by atoms with Crippen LogP contribution in [0.5, 0.6) is 0 Å². The lowest BCUT2D eigenvalue weighted by molar-refractivity contribution is 0.850. The Balaban J connectivity index is 3.28. The Morgan fingerprint density at radius 2 is 2.13 bits per heavy atom. The van der Waals surface area contributed by atoms with Crippen LogP contribution in [0.25, 0.3) is 0 Å². The fraction of sp³-hybridized carbons (Fsp3) is 0.300. The summed E-state index contributed by atoms with van der Waals surface area (Å²) in [7, 11) is 0. The lowest BCUT2D eigenvalue weighted by Crippen LogP contribution is -2.14. The highest BCUT2D eigenvalue weighted by atomic mass is 15.5. The number of nitrogens with zero attached hydrogens (tertiary/aromatic N) is 2. The van der Waals surface area contributed by atoms with Gasteiger partial charge < -0.3 is 5.73 Å². The third-order valence-corrected chi connectivity index (χ3v) is 2.15. The van der Waals surface area contributed by atoms with Crippen LogP contribution in [-0.4, -0.2) is 6.34 Å². The summed E-state index contributed by atoms with van der Waals surface area (Å²) in [5.74, 6) is 0.296. The highest BCUT2D eigenvalue weighted by molar-refractivity contribution is 5.79. The summed E-state index contributed by atoms with van der Waals surface area (Å²) in [6.45, 7) is 4.09. The van der Waals surface area contributed by atoms with Gasteiger partial charge in [0.25, 0.3) is 0 Å². The molecule has 1 rings (SSSR count). The van der Waals surface area contributed by atoms with Crippen LogP contribution in [0, 0.1) is 10.9 Å². The quantitative estimate of drug-likeness (QED) is 0.232. The second kappa shape index (κ2) is 4.54. The molecule has 5 nitrogen and oxygen atoms in total. The maximum absolute atomic E-state index is 7.15. The number of rotatable bonds is 4. The fourth-order valence-electron chi connectivity index (χ4n) is 1.40. The van der Waals surface area contributed by atoms with Gasteiger partial charge in [0.05, 0.1) is 5.69 Å².